The summed E-state index contributed by atoms with van der Waals surface area (Å²) in [4.78, 5) is 0. The van der Waals surface area contributed by atoms with Crippen molar-refractivity contribution in [1.29, 1.82) is 0 Å². The molecule has 0 bridgehead atoms. The summed E-state index contributed by atoms with van der Waals surface area (Å²) < 4.78 is 36.2. The van der Waals surface area contributed by atoms with E-state index in [0.717, 1.165) is 26.1 Å². The lowest BCUT2D eigenvalue weighted by Crippen LogP contribution is -2.56. The van der Waals surface area contributed by atoms with Crippen molar-refractivity contribution in [2.75, 3.05) is 39.4 Å². The zero-order valence-electron chi connectivity index (χ0n) is 25.4. The Balaban J connectivity index is 1.16. The zero-order chi connectivity index (χ0) is 28.1. The van der Waals surface area contributed by atoms with E-state index in [2.05, 4.69) is 17.6 Å². The second-order valence-corrected chi connectivity index (χ2v) is 12.4. The van der Waals surface area contributed by atoms with E-state index in [4.69, 9.17) is 28.4 Å². The van der Waals surface area contributed by atoms with Crippen molar-refractivity contribution in [2.45, 2.75) is 154 Å². The molecule has 3 fully saturated rings. The molecule has 1 unspecified atom stereocenters. The number of nitrogens with one attached hydrogen (secondary N) is 2. The molecule has 3 saturated heterocycles. The van der Waals surface area contributed by atoms with Crippen molar-refractivity contribution >= 4 is 0 Å². The van der Waals surface area contributed by atoms with Gasteiger partial charge >= 0.3 is 0 Å². The maximum atomic E-state index is 10.3. The molecule has 0 aliphatic carbocycles. The fraction of sp³-hybridized carbons (Fsp3) is 1.00. The monoisotopic (exact) mass is 558 g/mol. The van der Waals surface area contributed by atoms with E-state index in [0.29, 0.717) is 6.54 Å². The van der Waals surface area contributed by atoms with Gasteiger partial charge in [0.05, 0.1) is 19.3 Å². The molecule has 0 aromatic carbocycles. The van der Waals surface area contributed by atoms with Gasteiger partial charge in [0.15, 0.2) is 17.9 Å². The molecule has 230 valence electrons. The third kappa shape index (κ3) is 11.8. The van der Waals surface area contributed by atoms with Crippen LogP contribution >= 0.6 is 0 Å². The SMILES string of the molecule is CCCCCCCCCCCCNCCCNCC(O)COC[C@H]1O[C@@H]2OC(C)(C)O[C@@H]2[C@H]2OC(C)(C)O[C@H]21. The Morgan fingerprint density at radius 2 is 1.26 bits per heavy atom. The van der Waals surface area contributed by atoms with Crippen LogP contribution in [0.3, 0.4) is 0 Å². The lowest BCUT2D eigenvalue weighted by molar-refractivity contribution is -0.243. The highest BCUT2D eigenvalue weighted by Gasteiger charge is 2.60. The maximum absolute atomic E-state index is 10.3. The molecule has 0 amide bonds. The maximum Gasteiger partial charge on any atom is 0.190 e. The van der Waals surface area contributed by atoms with E-state index >= 15 is 0 Å². The van der Waals surface area contributed by atoms with Crippen LogP contribution in [0.5, 0.6) is 0 Å². The normalized spacial score (nSPS) is 29.8. The average Bonchev–Trinajstić information content (AvgIpc) is 3.37. The first kappa shape index (κ1) is 33.1. The van der Waals surface area contributed by atoms with Gasteiger partial charge in [-0.15, -0.1) is 0 Å². The summed E-state index contributed by atoms with van der Waals surface area (Å²) >= 11 is 0. The fourth-order valence-corrected chi connectivity index (χ4v) is 5.68. The molecule has 3 heterocycles. The molecule has 6 atom stereocenters. The molecule has 9 nitrogen and oxygen atoms in total. The molecule has 0 aromatic rings. The Kier molecular flexibility index (Phi) is 14.4. The molecule has 0 aromatic heterocycles. The highest BCUT2D eigenvalue weighted by Crippen LogP contribution is 2.44. The van der Waals surface area contributed by atoms with Gasteiger partial charge in [-0.05, 0) is 60.2 Å². The summed E-state index contributed by atoms with van der Waals surface area (Å²) in [6.45, 7) is 13.8. The summed E-state index contributed by atoms with van der Waals surface area (Å²) in [5.74, 6) is -1.47. The Morgan fingerprint density at radius 1 is 0.692 bits per heavy atom. The van der Waals surface area contributed by atoms with Crippen molar-refractivity contribution in [3.63, 3.8) is 0 Å². The van der Waals surface area contributed by atoms with Gasteiger partial charge in [-0.3, -0.25) is 0 Å². The molecular weight excluding hydrogens is 500 g/mol. The fourth-order valence-electron chi connectivity index (χ4n) is 5.68. The number of aliphatic hydroxyl groups is 1. The summed E-state index contributed by atoms with van der Waals surface area (Å²) in [6, 6.07) is 0. The van der Waals surface area contributed by atoms with Gasteiger partial charge in [0.1, 0.15) is 24.4 Å². The molecule has 0 saturated carbocycles. The number of unbranched alkanes of at least 4 members (excludes halogenated alkanes) is 9. The van der Waals surface area contributed by atoms with Crippen LogP contribution in [-0.4, -0.2) is 92.9 Å². The van der Waals surface area contributed by atoms with Crippen molar-refractivity contribution in [3.05, 3.63) is 0 Å². The van der Waals surface area contributed by atoms with Crippen LogP contribution < -0.4 is 10.6 Å². The summed E-state index contributed by atoms with van der Waals surface area (Å²) in [6.07, 6.45) is 12.3. The topological polar surface area (TPSA) is 99.7 Å². The van der Waals surface area contributed by atoms with Gasteiger partial charge in [-0.2, -0.15) is 0 Å². The highest BCUT2D eigenvalue weighted by atomic mass is 16.9. The second kappa shape index (κ2) is 16.9. The third-order valence-corrected chi connectivity index (χ3v) is 7.64. The van der Waals surface area contributed by atoms with Crippen molar-refractivity contribution in [1.82, 2.24) is 10.6 Å². The molecule has 9 heteroatoms. The van der Waals surface area contributed by atoms with Crippen molar-refractivity contribution in [3.8, 4) is 0 Å². The summed E-state index contributed by atoms with van der Waals surface area (Å²) in [5, 5.41) is 17.2. The minimum Gasteiger partial charge on any atom is -0.389 e. The number of rotatable bonds is 21. The predicted molar refractivity (Wildman–Crippen MR) is 152 cm³/mol. The molecular formula is C30H58N2O7. The molecule has 0 radical (unpaired) electrons. The molecule has 39 heavy (non-hydrogen) atoms. The van der Waals surface area contributed by atoms with E-state index in [9.17, 15) is 5.11 Å². The Bertz CT molecular complexity index is 665. The first-order valence-corrected chi connectivity index (χ1v) is 15.7. The summed E-state index contributed by atoms with van der Waals surface area (Å²) in [7, 11) is 0. The quantitative estimate of drug-likeness (QED) is 0.179. The van der Waals surface area contributed by atoms with Gasteiger partial charge in [0.25, 0.3) is 0 Å². The summed E-state index contributed by atoms with van der Waals surface area (Å²) in [5.41, 5.74) is 0. The van der Waals surface area contributed by atoms with Crippen molar-refractivity contribution < 1.29 is 33.5 Å². The molecule has 3 rings (SSSR count). The van der Waals surface area contributed by atoms with E-state index in [-0.39, 0.29) is 37.6 Å². The second-order valence-electron chi connectivity index (χ2n) is 12.4. The van der Waals surface area contributed by atoms with Crippen molar-refractivity contribution in [2.24, 2.45) is 0 Å². The Morgan fingerprint density at radius 3 is 1.97 bits per heavy atom. The van der Waals surface area contributed by atoms with E-state index in [1.54, 1.807) is 0 Å². The number of aliphatic hydroxyl groups excluding tert-OH is 1. The van der Waals surface area contributed by atoms with Crippen LogP contribution in [-0.2, 0) is 28.4 Å². The van der Waals surface area contributed by atoms with E-state index in [1.807, 2.05) is 27.7 Å². The van der Waals surface area contributed by atoms with E-state index < -0.39 is 24.0 Å². The lowest BCUT2D eigenvalue weighted by atomic mass is 9.99. The predicted octanol–water partition coefficient (Wildman–Crippen LogP) is 4.25. The van der Waals surface area contributed by atoms with Crippen LogP contribution in [0, 0.1) is 0 Å². The average molecular weight is 559 g/mol. The molecule has 0 spiro atoms. The zero-order valence-corrected chi connectivity index (χ0v) is 25.4. The number of hydrogen-bond acceptors (Lipinski definition) is 9. The van der Waals surface area contributed by atoms with Gasteiger partial charge < -0.3 is 44.2 Å². The first-order valence-electron chi connectivity index (χ1n) is 15.7. The smallest absolute Gasteiger partial charge is 0.190 e. The van der Waals surface area contributed by atoms with Crippen LogP contribution in [0.25, 0.3) is 0 Å². The van der Waals surface area contributed by atoms with Gasteiger partial charge in [0, 0.05) is 6.54 Å². The minimum atomic E-state index is -0.740. The number of ether oxygens (including phenoxy) is 6. The van der Waals surface area contributed by atoms with Crippen LogP contribution in [0.4, 0.5) is 0 Å². The van der Waals surface area contributed by atoms with E-state index in [1.165, 1.54) is 64.2 Å². The lowest BCUT2D eigenvalue weighted by Gasteiger charge is -2.37. The molecule has 3 aliphatic heterocycles. The molecule has 3 N–H and O–H groups in total. The van der Waals surface area contributed by atoms with Crippen LogP contribution in [0.1, 0.15) is 105 Å². The van der Waals surface area contributed by atoms with Gasteiger partial charge in [-0.1, -0.05) is 64.7 Å². The van der Waals surface area contributed by atoms with Gasteiger partial charge in [-0.25, -0.2) is 0 Å². The minimum absolute atomic E-state index is 0.225. The Hall–Kier alpha value is -0.360. The highest BCUT2D eigenvalue weighted by molar-refractivity contribution is 5.00. The number of hydrogen-bond donors (Lipinski definition) is 3. The first-order chi connectivity index (χ1) is 18.7. The Labute approximate surface area is 237 Å². The van der Waals surface area contributed by atoms with Gasteiger partial charge in [0.2, 0.25) is 0 Å². The van der Waals surface area contributed by atoms with Crippen LogP contribution in [0.15, 0.2) is 0 Å². The van der Waals surface area contributed by atoms with Crippen LogP contribution in [0.2, 0.25) is 0 Å². The largest absolute Gasteiger partial charge is 0.389 e. The number of fused-ring (bicyclic) bond motifs is 3. The standard InChI is InChI=1S/C30H58N2O7/c1-6-7-8-9-10-11-12-13-14-15-17-31-18-16-19-32-20-23(33)21-34-22-24-25-26(37-29(2,3)36-25)27-28(35-24)39-30(4,5)38-27/h23-28,31-33H,6-22H2,1-5H3/t23?,24-,25+,26+,27-,28-/m1/s1. The molecule has 3 aliphatic rings. The third-order valence-electron chi connectivity index (χ3n) is 7.64.